The fraction of sp³-hybridized carbons (Fsp3) is 0.500. The second-order valence-electron chi connectivity index (χ2n) is 10.0. The lowest BCUT2D eigenvalue weighted by Gasteiger charge is -2.38. The Morgan fingerprint density at radius 3 is 2.05 bits per heavy atom. The van der Waals surface area contributed by atoms with Crippen molar-refractivity contribution in [3.05, 3.63) is 42.2 Å². The van der Waals surface area contributed by atoms with E-state index in [9.17, 15) is 30.7 Å². The Labute approximate surface area is 245 Å². The van der Waals surface area contributed by atoms with E-state index in [4.69, 9.17) is 24.3 Å². The molecule has 2 saturated heterocycles. The van der Waals surface area contributed by atoms with Gasteiger partial charge in [0.05, 0.1) is 5.69 Å². The van der Waals surface area contributed by atoms with Crippen LogP contribution in [0.2, 0.25) is 0 Å². The number of fused-ring (bicyclic) bond motifs is 1. The highest BCUT2D eigenvalue weighted by molar-refractivity contribution is 5.91. The first-order valence-corrected chi connectivity index (χ1v) is 13.2. The first-order valence-electron chi connectivity index (χ1n) is 13.2. The van der Waals surface area contributed by atoms with Crippen LogP contribution in [0.3, 0.4) is 0 Å². The van der Waals surface area contributed by atoms with Crippen molar-refractivity contribution < 1.29 is 55.1 Å². The molecule has 44 heavy (non-hydrogen) atoms. The molecule has 0 bridgehead atoms. The van der Waals surface area contributed by atoms with Crippen LogP contribution in [-0.2, 0) is 9.59 Å². The fourth-order valence-corrected chi connectivity index (χ4v) is 4.75. The van der Waals surface area contributed by atoms with Crippen LogP contribution in [0.4, 0.5) is 30.7 Å². The summed E-state index contributed by atoms with van der Waals surface area (Å²) in [6.07, 6.45) is -5.73. The van der Waals surface area contributed by atoms with Crippen molar-refractivity contribution in [2.45, 2.75) is 56.9 Å². The van der Waals surface area contributed by atoms with Crippen LogP contribution >= 0.6 is 0 Å². The first kappa shape index (κ1) is 34.4. The smallest absolute Gasteiger partial charge is 0.475 e. The Kier molecular flexibility index (Phi) is 11.1. The number of nitrogens with zero attached hydrogens (tertiary/aromatic N) is 5. The number of aliphatic carboxylic acids is 2. The molecule has 2 aromatic heterocycles. The second kappa shape index (κ2) is 14.1. The SMILES string of the molecule is C=C(C)c1nn(-c2noc(C3CCN(C4CCNCC4)CC3)n2)c2c(F)cccc12.O=C(O)C(F)(F)F.O=C(O)C(F)(F)F. The molecule has 2 aliphatic rings. The fourth-order valence-electron chi connectivity index (χ4n) is 4.75. The van der Waals surface area contributed by atoms with Crippen molar-refractivity contribution >= 4 is 28.4 Å². The molecule has 2 fully saturated rings. The number of halogens is 7. The van der Waals surface area contributed by atoms with Crippen LogP contribution in [0.1, 0.15) is 50.1 Å². The lowest BCUT2D eigenvalue weighted by atomic mass is 9.94. The molecule has 0 saturated carbocycles. The van der Waals surface area contributed by atoms with Gasteiger partial charge in [0.2, 0.25) is 5.89 Å². The van der Waals surface area contributed by atoms with E-state index in [2.05, 4.69) is 32.0 Å². The average molecular weight is 639 g/mol. The molecular formula is C26H29F7N6O5. The van der Waals surface area contributed by atoms with Crippen molar-refractivity contribution in [3.63, 3.8) is 0 Å². The van der Waals surface area contributed by atoms with E-state index in [1.165, 1.54) is 23.6 Å². The van der Waals surface area contributed by atoms with Crippen LogP contribution in [-0.4, -0.2) is 91.5 Å². The minimum atomic E-state index is -5.08. The molecule has 2 aliphatic heterocycles. The highest BCUT2D eigenvalue weighted by atomic mass is 19.4. The Balaban J connectivity index is 0.000000317. The summed E-state index contributed by atoms with van der Waals surface area (Å²) in [6, 6.07) is 5.61. The van der Waals surface area contributed by atoms with E-state index in [0.29, 0.717) is 28.5 Å². The summed E-state index contributed by atoms with van der Waals surface area (Å²) in [6.45, 7) is 10.1. The van der Waals surface area contributed by atoms with Gasteiger partial charge in [-0.2, -0.15) is 41.1 Å². The van der Waals surface area contributed by atoms with Crippen LogP contribution in [0.5, 0.6) is 0 Å². The molecule has 3 aromatic rings. The van der Waals surface area contributed by atoms with Gasteiger partial charge in [0, 0.05) is 17.3 Å². The van der Waals surface area contributed by atoms with Gasteiger partial charge in [0.25, 0.3) is 5.95 Å². The van der Waals surface area contributed by atoms with Gasteiger partial charge in [-0.15, -0.1) is 0 Å². The summed E-state index contributed by atoms with van der Waals surface area (Å²) in [5.41, 5.74) is 1.76. The number of piperidine rings is 2. The third-order valence-corrected chi connectivity index (χ3v) is 6.87. The Morgan fingerprint density at radius 2 is 1.55 bits per heavy atom. The summed E-state index contributed by atoms with van der Waals surface area (Å²) in [7, 11) is 0. The molecule has 0 atom stereocenters. The zero-order valence-corrected chi connectivity index (χ0v) is 23.3. The third kappa shape index (κ3) is 8.75. The number of aromatic nitrogens is 4. The number of hydrogen-bond donors (Lipinski definition) is 3. The number of carboxylic acid groups (broad SMARTS) is 2. The second-order valence-corrected chi connectivity index (χ2v) is 10.0. The number of carbonyl (C=O) groups is 2. The third-order valence-electron chi connectivity index (χ3n) is 6.87. The molecule has 0 spiro atoms. The lowest BCUT2D eigenvalue weighted by Crippen LogP contribution is -2.46. The van der Waals surface area contributed by atoms with Gasteiger partial charge in [0.1, 0.15) is 11.3 Å². The van der Waals surface area contributed by atoms with E-state index < -0.39 is 24.3 Å². The van der Waals surface area contributed by atoms with Crippen molar-refractivity contribution in [2.24, 2.45) is 0 Å². The van der Waals surface area contributed by atoms with Crippen LogP contribution in [0.25, 0.3) is 22.4 Å². The number of benzene rings is 1. The quantitative estimate of drug-likeness (QED) is 0.341. The number of likely N-dealkylation sites (tertiary alicyclic amines) is 1. The molecule has 242 valence electrons. The molecule has 5 rings (SSSR count). The normalized spacial score (nSPS) is 16.9. The molecule has 0 aliphatic carbocycles. The van der Waals surface area contributed by atoms with Crippen LogP contribution < -0.4 is 5.32 Å². The topological polar surface area (TPSA) is 147 Å². The maximum Gasteiger partial charge on any atom is 0.490 e. The lowest BCUT2D eigenvalue weighted by molar-refractivity contribution is -0.193. The standard InChI is InChI=1S/C22H27FN6O.2C2HF3O2/c1-14(2)19-17-4-3-5-18(23)20(17)29(26-19)22-25-21(30-27-22)15-8-12-28(13-9-15)16-6-10-24-11-7-16;2*3-2(4,5)1(6)7/h3-5,15-16,24H,1,6-13H2,2H3;2*(H,6,7). The molecule has 0 radical (unpaired) electrons. The van der Waals surface area contributed by atoms with Crippen LogP contribution in [0.15, 0.2) is 29.3 Å². The van der Waals surface area contributed by atoms with Gasteiger partial charge in [-0.25, -0.2) is 14.0 Å². The Bertz CT molecular complexity index is 1430. The Hall–Kier alpha value is -4.06. The largest absolute Gasteiger partial charge is 0.490 e. The van der Waals surface area contributed by atoms with E-state index >= 15 is 0 Å². The molecule has 4 heterocycles. The highest BCUT2D eigenvalue weighted by Gasteiger charge is 2.39. The zero-order chi connectivity index (χ0) is 32.8. The number of allylic oxidation sites excluding steroid dienone is 1. The van der Waals surface area contributed by atoms with Gasteiger partial charge in [-0.3, -0.25) is 0 Å². The number of para-hydroxylation sites is 1. The predicted octanol–water partition coefficient (Wildman–Crippen LogP) is 4.78. The molecule has 3 N–H and O–H groups in total. The van der Waals surface area contributed by atoms with E-state index in [0.717, 1.165) is 44.6 Å². The average Bonchev–Trinajstić information content (AvgIpc) is 3.60. The van der Waals surface area contributed by atoms with Crippen molar-refractivity contribution in [1.29, 1.82) is 0 Å². The van der Waals surface area contributed by atoms with Gasteiger partial charge in [0.15, 0.2) is 0 Å². The van der Waals surface area contributed by atoms with Gasteiger partial charge in [-0.1, -0.05) is 18.7 Å². The highest BCUT2D eigenvalue weighted by Crippen LogP contribution is 2.31. The summed E-state index contributed by atoms with van der Waals surface area (Å²) < 4.78 is 85.1. The predicted molar refractivity (Wildman–Crippen MR) is 140 cm³/mol. The Morgan fingerprint density at radius 1 is 1.00 bits per heavy atom. The minimum absolute atomic E-state index is 0.233. The van der Waals surface area contributed by atoms with E-state index in [1.807, 2.05) is 13.0 Å². The summed E-state index contributed by atoms with van der Waals surface area (Å²) in [5.74, 6) is -4.76. The number of alkyl halides is 6. The molecule has 18 heteroatoms. The van der Waals surface area contributed by atoms with Crippen LogP contribution in [0, 0.1) is 5.82 Å². The van der Waals surface area contributed by atoms with Gasteiger partial charge >= 0.3 is 24.3 Å². The zero-order valence-electron chi connectivity index (χ0n) is 23.3. The molecule has 1 aromatic carbocycles. The molecule has 0 unspecified atom stereocenters. The van der Waals surface area contributed by atoms with E-state index in [1.54, 1.807) is 6.07 Å². The summed E-state index contributed by atoms with van der Waals surface area (Å²) in [5, 5.41) is 27.0. The van der Waals surface area contributed by atoms with Crippen molar-refractivity contribution in [2.75, 3.05) is 26.2 Å². The van der Waals surface area contributed by atoms with E-state index in [-0.39, 0.29) is 17.7 Å². The molecular weight excluding hydrogens is 609 g/mol. The number of hydrogen-bond acceptors (Lipinski definition) is 8. The maximum absolute atomic E-state index is 14.6. The monoisotopic (exact) mass is 638 g/mol. The summed E-state index contributed by atoms with van der Waals surface area (Å²) >= 11 is 0. The maximum atomic E-state index is 14.6. The molecule has 0 amide bonds. The van der Waals surface area contributed by atoms with Gasteiger partial charge < -0.3 is 25.0 Å². The number of nitrogens with one attached hydrogen (secondary N) is 1. The summed E-state index contributed by atoms with van der Waals surface area (Å²) in [4.78, 5) is 25.0. The minimum Gasteiger partial charge on any atom is -0.475 e. The van der Waals surface area contributed by atoms with Crippen molar-refractivity contribution in [3.8, 4) is 5.95 Å². The van der Waals surface area contributed by atoms with Gasteiger partial charge in [-0.05, 0) is 75.6 Å². The number of rotatable bonds is 4. The molecule has 11 nitrogen and oxygen atoms in total. The first-order chi connectivity index (χ1) is 20.5. The van der Waals surface area contributed by atoms with Crippen molar-refractivity contribution in [1.82, 2.24) is 30.1 Å². The number of carboxylic acids is 2.